The van der Waals surface area contributed by atoms with Crippen LogP contribution in [-0.2, 0) is 5.41 Å². The first-order valence-electron chi connectivity index (χ1n) is 4.94. The molecule has 0 fully saturated rings. The van der Waals surface area contributed by atoms with Crippen LogP contribution in [0.5, 0.6) is 5.75 Å². The van der Waals surface area contributed by atoms with Crippen LogP contribution >= 0.6 is 15.9 Å². The molecule has 2 nitrogen and oxygen atoms in total. The van der Waals surface area contributed by atoms with Gasteiger partial charge in [-0.15, -0.1) is 0 Å². The van der Waals surface area contributed by atoms with E-state index in [0.717, 1.165) is 10.0 Å². The molecule has 0 saturated heterocycles. The number of aliphatic hydroxyl groups excluding tert-OH is 1. The van der Waals surface area contributed by atoms with Gasteiger partial charge >= 0.3 is 0 Å². The van der Waals surface area contributed by atoms with Crippen molar-refractivity contribution in [1.82, 2.24) is 0 Å². The molecule has 1 aromatic rings. The lowest BCUT2D eigenvalue weighted by atomic mass is 9.84. The van der Waals surface area contributed by atoms with Crippen molar-refractivity contribution in [1.29, 1.82) is 0 Å². The predicted molar refractivity (Wildman–Crippen MR) is 65.1 cm³/mol. The van der Waals surface area contributed by atoms with E-state index < -0.39 is 6.10 Å². The van der Waals surface area contributed by atoms with Gasteiger partial charge in [-0.1, -0.05) is 36.7 Å². The number of benzene rings is 1. The quantitative estimate of drug-likeness (QED) is 0.822. The summed E-state index contributed by atoms with van der Waals surface area (Å²) in [5.74, 6) is 0.195. The lowest BCUT2D eigenvalue weighted by Gasteiger charge is -2.23. The predicted octanol–water partition coefficient (Wildman–Crippen LogP) is 3.51. The molecule has 0 aromatic heterocycles. The Balaban J connectivity index is 3.42. The molecular weight excluding hydrogens is 256 g/mol. The van der Waals surface area contributed by atoms with Crippen LogP contribution in [0.3, 0.4) is 0 Å². The van der Waals surface area contributed by atoms with E-state index in [-0.39, 0.29) is 11.2 Å². The highest BCUT2D eigenvalue weighted by atomic mass is 79.9. The first kappa shape index (κ1) is 12.5. The van der Waals surface area contributed by atoms with Crippen LogP contribution in [0, 0.1) is 0 Å². The summed E-state index contributed by atoms with van der Waals surface area (Å²) >= 11 is 3.39. The Morgan fingerprint density at radius 3 is 2.20 bits per heavy atom. The molecule has 1 aromatic carbocycles. The van der Waals surface area contributed by atoms with Gasteiger partial charge in [-0.05, 0) is 24.5 Å². The molecule has 3 heteroatoms. The highest BCUT2D eigenvalue weighted by molar-refractivity contribution is 9.10. The van der Waals surface area contributed by atoms with Crippen molar-refractivity contribution in [3.8, 4) is 5.75 Å². The zero-order chi connectivity index (χ0) is 11.8. The van der Waals surface area contributed by atoms with Gasteiger partial charge in [-0.25, -0.2) is 0 Å². The molecule has 2 N–H and O–H groups in total. The summed E-state index contributed by atoms with van der Waals surface area (Å²) in [7, 11) is 0. The van der Waals surface area contributed by atoms with Crippen LogP contribution in [0.1, 0.15) is 44.9 Å². The second-order valence-corrected chi connectivity index (χ2v) is 5.73. The number of hydrogen-bond donors (Lipinski definition) is 2. The van der Waals surface area contributed by atoms with Crippen molar-refractivity contribution in [2.75, 3.05) is 0 Å². The second-order valence-electron chi connectivity index (χ2n) is 4.82. The van der Waals surface area contributed by atoms with E-state index in [1.165, 1.54) is 0 Å². The van der Waals surface area contributed by atoms with Crippen molar-refractivity contribution >= 4 is 15.9 Å². The lowest BCUT2D eigenvalue weighted by molar-refractivity contribution is 0.194. The number of aliphatic hydroxyl groups is 1. The fourth-order valence-electron chi connectivity index (χ4n) is 1.51. The average Bonchev–Trinajstić information content (AvgIpc) is 2.06. The Kier molecular flexibility index (Phi) is 3.46. The molecule has 0 aliphatic heterocycles. The zero-order valence-electron chi connectivity index (χ0n) is 9.50. The van der Waals surface area contributed by atoms with Gasteiger partial charge in [0.15, 0.2) is 0 Å². The van der Waals surface area contributed by atoms with Crippen LogP contribution in [0.25, 0.3) is 0 Å². The minimum Gasteiger partial charge on any atom is -0.507 e. The van der Waals surface area contributed by atoms with Gasteiger partial charge in [0.05, 0.1) is 6.10 Å². The molecule has 0 saturated carbocycles. The van der Waals surface area contributed by atoms with E-state index in [1.54, 1.807) is 13.0 Å². The first-order chi connectivity index (χ1) is 6.73. The number of phenols is 1. The van der Waals surface area contributed by atoms with Crippen LogP contribution in [0.4, 0.5) is 0 Å². The zero-order valence-corrected chi connectivity index (χ0v) is 11.1. The smallest absolute Gasteiger partial charge is 0.125 e. The summed E-state index contributed by atoms with van der Waals surface area (Å²) < 4.78 is 0.876. The summed E-state index contributed by atoms with van der Waals surface area (Å²) in [5.41, 5.74) is 1.26. The van der Waals surface area contributed by atoms with E-state index in [4.69, 9.17) is 0 Å². The van der Waals surface area contributed by atoms with Gasteiger partial charge in [-0.3, -0.25) is 0 Å². The van der Waals surface area contributed by atoms with Crippen LogP contribution in [-0.4, -0.2) is 10.2 Å². The van der Waals surface area contributed by atoms with Gasteiger partial charge in [0, 0.05) is 15.6 Å². The molecule has 1 rings (SSSR count). The molecule has 1 unspecified atom stereocenters. The molecule has 0 bridgehead atoms. The number of phenolic OH excluding ortho intramolecular Hbond substituents is 1. The van der Waals surface area contributed by atoms with Gasteiger partial charge < -0.3 is 10.2 Å². The molecule has 84 valence electrons. The van der Waals surface area contributed by atoms with Crippen molar-refractivity contribution in [2.24, 2.45) is 0 Å². The Morgan fingerprint density at radius 2 is 1.80 bits per heavy atom. The van der Waals surface area contributed by atoms with E-state index in [1.807, 2.05) is 26.8 Å². The number of rotatable bonds is 1. The Bertz CT molecular complexity index is 365. The largest absolute Gasteiger partial charge is 0.507 e. The molecule has 0 spiro atoms. The van der Waals surface area contributed by atoms with Crippen molar-refractivity contribution in [3.63, 3.8) is 0 Å². The van der Waals surface area contributed by atoms with Crippen LogP contribution in [0.15, 0.2) is 16.6 Å². The molecule has 0 aliphatic carbocycles. The van der Waals surface area contributed by atoms with Crippen LogP contribution in [0.2, 0.25) is 0 Å². The summed E-state index contributed by atoms with van der Waals surface area (Å²) in [6.45, 7) is 7.73. The molecule has 0 radical (unpaired) electrons. The number of aromatic hydroxyl groups is 1. The molecular formula is C12H17BrO2. The summed E-state index contributed by atoms with van der Waals surface area (Å²) in [6, 6.07) is 3.64. The van der Waals surface area contributed by atoms with Gasteiger partial charge in [0.1, 0.15) is 5.75 Å². The minimum absolute atomic E-state index is 0.141. The average molecular weight is 273 g/mol. The third-order valence-electron chi connectivity index (χ3n) is 2.36. The second kappa shape index (κ2) is 4.14. The maximum atomic E-state index is 10.0. The normalized spacial score (nSPS) is 14.0. The molecule has 0 amide bonds. The Morgan fingerprint density at radius 1 is 1.27 bits per heavy atom. The van der Waals surface area contributed by atoms with Gasteiger partial charge in [0.2, 0.25) is 0 Å². The van der Waals surface area contributed by atoms with E-state index in [2.05, 4.69) is 15.9 Å². The Hall–Kier alpha value is -0.540. The topological polar surface area (TPSA) is 40.5 Å². The molecule has 0 aliphatic rings. The molecule has 0 heterocycles. The van der Waals surface area contributed by atoms with Crippen molar-refractivity contribution in [3.05, 3.63) is 27.7 Å². The van der Waals surface area contributed by atoms with Crippen LogP contribution < -0.4 is 0 Å². The van der Waals surface area contributed by atoms with E-state index in [9.17, 15) is 10.2 Å². The van der Waals surface area contributed by atoms with E-state index in [0.29, 0.717) is 5.56 Å². The maximum absolute atomic E-state index is 10.0. The van der Waals surface area contributed by atoms with Crippen molar-refractivity contribution in [2.45, 2.75) is 39.2 Å². The first-order valence-corrected chi connectivity index (χ1v) is 5.73. The van der Waals surface area contributed by atoms with Crippen molar-refractivity contribution < 1.29 is 10.2 Å². The monoisotopic (exact) mass is 272 g/mol. The standard InChI is InChI=1S/C12H17BrO2/c1-7(14)9-5-8(13)6-10(11(9)15)12(2,3)4/h5-7,14-15H,1-4H3. The fourth-order valence-corrected chi connectivity index (χ4v) is 1.99. The molecule has 15 heavy (non-hydrogen) atoms. The summed E-state index contributed by atoms with van der Waals surface area (Å²) in [6.07, 6.45) is -0.663. The highest BCUT2D eigenvalue weighted by Crippen LogP contribution is 2.38. The third-order valence-corrected chi connectivity index (χ3v) is 2.82. The summed E-state index contributed by atoms with van der Waals surface area (Å²) in [4.78, 5) is 0. The Labute approximate surface area is 99.1 Å². The molecule has 1 atom stereocenters. The van der Waals surface area contributed by atoms with Gasteiger partial charge in [-0.2, -0.15) is 0 Å². The fraction of sp³-hybridized carbons (Fsp3) is 0.500. The lowest BCUT2D eigenvalue weighted by Crippen LogP contribution is -2.12. The maximum Gasteiger partial charge on any atom is 0.125 e. The highest BCUT2D eigenvalue weighted by Gasteiger charge is 2.22. The number of halogens is 1. The third kappa shape index (κ3) is 2.73. The number of hydrogen-bond acceptors (Lipinski definition) is 2. The summed E-state index contributed by atoms with van der Waals surface area (Å²) in [5, 5.41) is 19.6. The van der Waals surface area contributed by atoms with Gasteiger partial charge in [0.25, 0.3) is 0 Å². The van der Waals surface area contributed by atoms with E-state index >= 15 is 0 Å². The SMILES string of the molecule is CC(O)c1cc(Br)cc(C(C)(C)C)c1O. The minimum atomic E-state index is -0.663.